The first-order valence-corrected chi connectivity index (χ1v) is 25.6. The van der Waals surface area contributed by atoms with Crippen LogP contribution >= 0.6 is 57.5 Å². The number of aryl methyl sites for hydroxylation is 2. The zero-order chi connectivity index (χ0) is 44.8. The van der Waals surface area contributed by atoms with Gasteiger partial charge in [0, 0.05) is 44.1 Å². The van der Waals surface area contributed by atoms with E-state index in [1.807, 2.05) is 36.7 Å². The Morgan fingerprint density at radius 1 is 0.698 bits per heavy atom. The molecule has 0 atom stereocenters. The van der Waals surface area contributed by atoms with E-state index >= 15 is 0 Å². The van der Waals surface area contributed by atoms with Crippen LogP contribution in [0.2, 0.25) is 0 Å². The summed E-state index contributed by atoms with van der Waals surface area (Å²) in [7, 11) is -1.04. The van der Waals surface area contributed by atoms with Crippen molar-refractivity contribution in [1.29, 1.82) is 0 Å². The molecule has 0 aliphatic heterocycles. The molecular formula is C39H45N13O5S6. The Balaban J connectivity index is 1.34. The van der Waals surface area contributed by atoms with E-state index in [-0.39, 0.29) is 22.8 Å². The van der Waals surface area contributed by atoms with Gasteiger partial charge in [0.2, 0.25) is 11.9 Å². The molecule has 5 aromatic heterocycles. The smallest absolute Gasteiger partial charge is 0.265 e. The second-order valence-corrected chi connectivity index (χ2v) is 19.5. The van der Waals surface area contributed by atoms with E-state index in [4.69, 9.17) is 24.7 Å². The fourth-order valence-corrected chi connectivity index (χ4v) is 11.8. The molecule has 0 aliphatic rings. The third-order valence-electron chi connectivity index (χ3n) is 9.75. The highest BCUT2D eigenvalue weighted by molar-refractivity contribution is 8.00. The van der Waals surface area contributed by atoms with Crippen LogP contribution in [0.15, 0.2) is 60.6 Å². The maximum atomic E-state index is 11.7. The van der Waals surface area contributed by atoms with Crippen molar-refractivity contribution in [3.63, 3.8) is 0 Å². The molecule has 0 aliphatic carbocycles. The number of rotatable bonds is 20. The molecule has 0 unspecified atom stereocenters. The van der Waals surface area contributed by atoms with Crippen LogP contribution in [0.4, 0.5) is 56.0 Å². The van der Waals surface area contributed by atoms with Gasteiger partial charge < -0.3 is 29.9 Å². The first kappa shape index (κ1) is 45.9. The molecule has 7 rings (SSSR count). The quantitative estimate of drug-likeness (QED) is 0.0368. The maximum Gasteiger partial charge on any atom is 0.265 e. The molecule has 7 aromatic rings. The fraction of sp³-hybridized carbons (Fsp3) is 0.359. The van der Waals surface area contributed by atoms with E-state index in [0.717, 1.165) is 54.7 Å². The van der Waals surface area contributed by atoms with Gasteiger partial charge in [-0.2, -0.15) is 32.1 Å². The lowest BCUT2D eigenvalue weighted by atomic mass is 10.2. The monoisotopic (exact) mass is 967 g/mol. The van der Waals surface area contributed by atoms with E-state index in [1.165, 1.54) is 23.1 Å². The van der Waals surface area contributed by atoms with E-state index in [0.29, 0.717) is 70.4 Å². The lowest BCUT2D eigenvalue weighted by Crippen LogP contribution is -2.22. The molecule has 0 saturated carbocycles. The number of hydrogen-bond acceptors (Lipinski definition) is 22. The molecule has 18 nitrogen and oxygen atoms in total. The Morgan fingerprint density at radius 3 is 1.54 bits per heavy atom. The number of aromatic nitrogens is 5. The summed E-state index contributed by atoms with van der Waals surface area (Å²) in [6.07, 6.45) is 0. The lowest BCUT2D eigenvalue weighted by Gasteiger charge is -2.25. The van der Waals surface area contributed by atoms with E-state index in [9.17, 15) is 13.0 Å². The Hall–Kier alpha value is -5.11. The predicted octanol–water partition coefficient (Wildman–Crippen LogP) is 11.8. The van der Waals surface area contributed by atoms with Gasteiger partial charge in [0.15, 0.2) is 15.2 Å². The number of thiophene rings is 2. The summed E-state index contributed by atoms with van der Waals surface area (Å²) in [5.41, 5.74) is 5.65. The minimum absolute atomic E-state index is 0.0272. The predicted molar refractivity (Wildman–Crippen MR) is 259 cm³/mol. The number of fused-ring (bicyclic) bond motifs is 2. The van der Waals surface area contributed by atoms with E-state index in [2.05, 4.69) is 77.1 Å². The van der Waals surface area contributed by atoms with Crippen molar-refractivity contribution in [3.05, 3.63) is 46.2 Å². The van der Waals surface area contributed by atoms with E-state index in [1.54, 1.807) is 49.0 Å². The van der Waals surface area contributed by atoms with Crippen LogP contribution in [0.5, 0.6) is 11.5 Å². The largest absolute Gasteiger partial charge is 0.494 e. The van der Waals surface area contributed by atoms with Crippen LogP contribution in [0.25, 0.3) is 20.4 Å². The number of anilines is 6. The van der Waals surface area contributed by atoms with Gasteiger partial charge in [0.05, 0.1) is 53.5 Å². The second-order valence-electron chi connectivity index (χ2n) is 13.6. The standard InChI is InChI=1S/C39H45N13O5S6/c1-9-51(10-2)27-15-23(25(17-29(27)56-7)45-47-33-31-21(5)19-59-35(31)49-61-33)40-37-42-38(44-39(43-37)58-13-14-63(53,54)55)41-24-16-28(52(11-3)12-4)30(57-8)18-26(24)46-48-34-32-22(6)20-60-36(32)50-62-34/h15-20H,9-14H2,1-8H3,(H,53,54,55)(H2,40,41,42,43,44). The zero-order valence-electron chi connectivity index (χ0n) is 35.7. The molecule has 3 N–H and O–H groups in total. The van der Waals surface area contributed by atoms with Gasteiger partial charge in [-0.3, -0.25) is 4.55 Å². The molecule has 5 heterocycles. The highest BCUT2D eigenvalue weighted by Crippen LogP contribution is 2.45. The van der Waals surface area contributed by atoms with Crippen molar-refractivity contribution < 1.29 is 22.4 Å². The van der Waals surface area contributed by atoms with Crippen LogP contribution in [0.3, 0.4) is 0 Å². The van der Waals surface area contributed by atoms with Gasteiger partial charge in [0.1, 0.15) is 32.5 Å². The summed E-state index contributed by atoms with van der Waals surface area (Å²) in [5, 5.41) is 33.0. The number of nitrogens with zero attached hydrogens (tertiary/aromatic N) is 11. The SMILES string of the molecule is CCN(CC)c1cc(Nc2nc(Nc3cc(N(CC)CC)c(OC)cc3N=Nc3snc4scc(C)c34)nc(SCCS(=O)(=O)O)n2)c(N=Nc2snc3scc(C)c23)cc1OC. The zero-order valence-corrected chi connectivity index (χ0v) is 40.6. The number of nitrogens with one attached hydrogen (secondary N) is 2. The minimum atomic E-state index is -4.26. The molecule has 0 amide bonds. The Morgan fingerprint density at radius 2 is 1.14 bits per heavy atom. The molecule has 2 aromatic carbocycles. The highest BCUT2D eigenvalue weighted by atomic mass is 32.2. The third kappa shape index (κ3) is 10.5. The van der Waals surface area contributed by atoms with Crippen LogP contribution in [0.1, 0.15) is 38.8 Å². The molecule has 332 valence electrons. The van der Waals surface area contributed by atoms with Crippen molar-refractivity contribution in [1.82, 2.24) is 23.7 Å². The maximum absolute atomic E-state index is 11.7. The second kappa shape index (κ2) is 20.2. The average molecular weight is 968 g/mol. The molecule has 0 spiro atoms. The fourth-order valence-electron chi connectivity index (χ4n) is 6.55. The highest BCUT2D eigenvalue weighted by Gasteiger charge is 2.21. The van der Waals surface area contributed by atoms with Crippen LogP contribution < -0.4 is 29.9 Å². The number of thioether (sulfide) groups is 1. The van der Waals surface area contributed by atoms with Crippen LogP contribution in [0, 0.1) is 13.8 Å². The topological polar surface area (TPSA) is 217 Å². The molecule has 0 bridgehead atoms. The molecule has 0 radical (unpaired) electrons. The summed E-state index contributed by atoms with van der Waals surface area (Å²) in [5.74, 6) is 0.881. The molecule has 24 heteroatoms. The summed E-state index contributed by atoms with van der Waals surface area (Å²) in [6.45, 7) is 15.1. The van der Waals surface area contributed by atoms with Crippen molar-refractivity contribution in [2.45, 2.75) is 46.7 Å². The van der Waals surface area contributed by atoms with E-state index < -0.39 is 15.9 Å². The number of hydrogen-bond donors (Lipinski definition) is 3. The summed E-state index contributed by atoms with van der Waals surface area (Å²) >= 11 is 6.70. The number of azo groups is 2. The molecular weight excluding hydrogens is 923 g/mol. The normalized spacial score (nSPS) is 12.0. The Kier molecular flexibility index (Phi) is 14.7. The number of ether oxygens (including phenoxy) is 2. The molecule has 0 saturated heterocycles. The first-order chi connectivity index (χ1) is 30.4. The van der Waals surface area contributed by atoms with Gasteiger partial charge >= 0.3 is 0 Å². The summed E-state index contributed by atoms with van der Waals surface area (Å²) < 4.78 is 53.8. The molecule has 63 heavy (non-hydrogen) atoms. The number of methoxy groups -OCH3 is 2. The van der Waals surface area contributed by atoms with Gasteiger partial charge in [-0.1, -0.05) is 11.8 Å². The Labute approximate surface area is 385 Å². The van der Waals surface area contributed by atoms with Gasteiger partial charge in [-0.25, -0.2) is 0 Å². The van der Waals surface area contributed by atoms with Gasteiger partial charge in [-0.05, 0) is 98.6 Å². The van der Waals surface area contributed by atoms with Crippen LogP contribution in [-0.2, 0) is 10.1 Å². The number of benzene rings is 2. The van der Waals surface area contributed by atoms with Crippen molar-refractivity contribution >= 4 is 144 Å². The van der Waals surface area contributed by atoms with Gasteiger partial charge in [-0.15, -0.1) is 43.1 Å². The van der Waals surface area contributed by atoms with Crippen molar-refractivity contribution in [2.24, 2.45) is 20.5 Å². The first-order valence-electron chi connectivity index (χ1n) is 19.7. The Bertz CT molecular complexity index is 2730. The minimum Gasteiger partial charge on any atom is -0.494 e. The van der Waals surface area contributed by atoms with Crippen LogP contribution in [-0.4, -0.2) is 88.6 Å². The van der Waals surface area contributed by atoms with Crippen molar-refractivity contribution in [3.8, 4) is 11.5 Å². The van der Waals surface area contributed by atoms with Gasteiger partial charge in [0.25, 0.3) is 10.1 Å². The lowest BCUT2D eigenvalue weighted by molar-refractivity contribution is 0.414. The summed E-state index contributed by atoms with van der Waals surface area (Å²) in [6, 6.07) is 7.42. The molecule has 0 fully saturated rings. The van der Waals surface area contributed by atoms with Crippen molar-refractivity contribution in [2.75, 3.05) is 72.3 Å². The average Bonchev–Trinajstić information content (AvgIpc) is 4.05. The summed E-state index contributed by atoms with van der Waals surface area (Å²) in [4.78, 5) is 20.3. The third-order valence-corrected chi connectivity index (χ3v) is 15.3.